The van der Waals surface area contributed by atoms with E-state index in [-0.39, 0.29) is 17.0 Å². The number of pyridine rings is 1. The van der Waals surface area contributed by atoms with Crippen molar-refractivity contribution in [2.45, 2.75) is 55.3 Å². The van der Waals surface area contributed by atoms with Gasteiger partial charge in [-0.05, 0) is 44.4 Å². The lowest BCUT2D eigenvalue weighted by molar-refractivity contribution is 0.0903. The van der Waals surface area contributed by atoms with Gasteiger partial charge in [0.05, 0.1) is 34.2 Å². The van der Waals surface area contributed by atoms with Crippen LogP contribution in [0.3, 0.4) is 0 Å². The number of piperidine rings is 1. The maximum Gasteiger partial charge on any atom is 0.269 e. The fourth-order valence-electron chi connectivity index (χ4n) is 4.73. The molecular weight excluding hydrogens is 402 g/mol. The highest BCUT2D eigenvalue weighted by Gasteiger charge is 2.45. The van der Waals surface area contributed by atoms with Crippen molar-refractivity contribution >= 4 is 32.4 Å². The normalized spacial score (nSPS) is 26.2. The number of nitrogens with zero attached hydrogens (tertiary/aromatic N) is 2. The van der Waals surface area contributed by atoms with Crippen molar-refractivity contribution in [3.63, 3.8) is 0 Å². The highest BCUT2D eigenvalue weighted by molar-refractivity contribution is 7.90. The Kier molecular flexibility index (Phi) is 4.32. The lowest BCUT2D eigenvalue weighted by Gasteiger charge is -2.39. The molecule has 0 amide bonds. The van der Waals surface area contributed by atoms with Gasteiger partial charge in [0.25, 0.3) is 10.0 Å². The molecule has 158 valence electrons. The maximum atomic E-state index is 13.2. The van der Waals surface area contributed by atoms with E-state index in [0.29, 0.717) is 28.8 Å². The van der Waals surface area contributed by atoms with Gasteiger partial charge in [-0.2, -0.15) is 0 Å². The zero-order chi connectivity index (χ0) is 21.1. The summed E-state index contributed by atoms with van der Waals surface area (Å²) in [6.45, 7) is 1.91. The van der Waals surface area contributed by atoms with E-state index >= 15 is 0 Å². The van der Waals surface area contributed by atoms with E-state index in [9.17, 15) is 13.5 Å². The van der Waals surface area contributed by atoms with Gasteiger partial charge in [0.15, 0.2) is 5.65 Å². The number of aliphatic hydroxyl groups is 1. The van der Waals surface area contributed by atoms with Crippen molar-refractivity contribution < 1.29 is 13.5 Å². The minimum atomic E-state index is -3.79. The van der Waals surface area contributed by atoms with Crippen molar-refractivity contribution in [1.82, 2.24) is 14.3 Å². The molecule has 5 rings (SSSR count). The number of rotatable bonds is 4. The number of benzene rings is 1. The van der Waals surface area contributed by atoms with E-state index in [4.69, 9.17) is 5.73 Å². The number of nitrogens with one attached hydrogen (secondary N) is 2. The molecule has 9 heteroatoms. The Hall–Kier alpha value is -2.62. The molecule has 2 bridgehead atoms. The van der Waals surface area contributed by atoms with Crippen LogP contribution in [-0.4, -0.2) is 40.3 Å². The first-order valence-electron chi connectivity index (χ1n) is 10.1. The molecule has 2 fully saturated rings. The number of hydrogen-bond donors (Lipinski definition) is 4. The smallest absolute Gasteiger partial charge is 0.269 e. The summed E-state index contributed by atoms with van der Waals surface area (Å²) >= 11 is 0. The molecule has 3 aromatic rings. The minimum Gasteiger partial charge on any atom is -0.396 e. The van der Waals surface area contributed by atoms with Crippen LogP contribution >= 0.6 is 0 Å². The van der Waals surface area contributed by atoms with Crippen LogP contribution in [0.4, 0.5) is 11.4 Å². The van der Waals surface area contributed by atoms with Crippen molar-refractivity contribution in [3.05, 3.63) is 48.3 Å². The largest absolute Gasteiger partial charge is 0.396 e. The Labute approximate surface area is 175 Å². The first-order chi connectivity index (χ1) is 14.3. The molecule has 1 aromatic carbocycles. The van der Waals surface area contributed by atoms with Crippen molar-refractivity contribution in [2.24, 2.45) is 0 Å². The zero-order valence-electron chi connectivity index (χ0n) is 16.7. The summed E-state index contributed by atoms with van der Waals surface area (Å²) in [5.74, 6) is 0. The molecule has 0 spiro atoms. The van der Waals surface area contributed by atoms with E-state index < -0.39 is 15.7 Å². The SMILES string of the molecule is Cc1ccc(S(=O)(=O)n2ccc3c(NC45CCC(CC(O)C4)N5)c(N)cnc32)cc1. The van der Waals surface area contributed by atoms with Gasteiger partial charge in [0, 0.05) is 24.0 Å². The fraction of sp³-hybridized carbons (Fsp3) is 0.381. The van der Waals surface area contributed by atoms with E-state index in [1.54, 1.807) is 30.3 Å². The second-order valence-electron chi connectivity index (χ2n) is 8.44. The average Bonchev–Trinajstić information content (AvgIpc) is 3.26. The molecule has 3 unspecified atom stereocenters. The number of nitrogens with two attached hydrogens (primary N) is 1. The van der Waals surface area contributed by atoms with Gasteiger partial charge in [-0.1, -0.05) is 17.7 Å². The third-order valence-electron chi connectivity index (χ3n) is 6.19. The molecule has 3 atom stereocenters. The fourth-order valence-corrected chi connectivity index (χ4v) is 6.03. The number of anilines is 2. The highest BCUT2D eigenvalue weighted by atomic mass is 32.2. The van der Waals surface area contributed by atoms with E-state index in [0.717, 1.165) is 24.8 Å². The summed E-state index contributed by atoms with van der Waals surface area (Å²) in [5, 5.41) is 18.0. The van der Waals surface area contributed by atoms with Crippen LogP contribution in [0.2, 0.25) is 0 Å². The summed E-state index contributed by atoms with van der Waals surface area (Å²) in [5.41, 5.74) is 8.16. The average molecular weight is 428 g/mol. The van der Waals surface area contributed by atoms with Crippen LogP contribution in [0.5, 0.6) is 0 Å². The first kappa shape index (κ1) is 19.3. The topological polar surface area (TPSA) is 122 Å². The van der Waals surface area contributed by atoms with E-state index in [2.05, 4.69) is 15.6 Å². The van der Waals surface area contributed by atoms with Crippen LogP contribution in [0.15, 0.2) is 47.6 Å². The van der Waals surface area contributed by atoms with Gasteiger partial charge in [-0.3, -0.25) is 5.32 Å². The lowest BCUT2D eigenvalue weighted by atomic mass is 9.96. The molecule has 8 nitrogen and oxygen atoms in total. The van der Waals surface area contributed by atoms with Crippen LogP contribution in [0, 0.1) is 6.92 Å². The molecular formula is C21H25N5O3S. The van der Waals surface area contributed by atoms with Crippen molar-refractivity contribution in [2.75, 3.05) is 11.1 Å². The summed E-state index contributed by atoms with van der Waals surface area (Å²) in [6, 6.07) is 8.72. The molecule has 30 heavy (non-hydrogen) atoms. The molecule has 0 aliphatic carbocycles. The molecule has 2 aromatic heterocycles. The van der Waals surface area contributed by atoms with Crippen molar-refractivity contribution in [1.29, 1.82) is 0 Å². The quantitative estimate of drug-likeness (QED) is 0.503. The predicted molar refractivity (Wildman–Crippen MR) is 116 cm³/mol. The number of aromatic nitrogens is 2. The Balaban J connectivity index is 1.58. The second-order valence-corrected chi connectivity index (χ2v) is 10.3. The Morgan fingerprint density at radius 3 is 2.83 bits per heavy atom. The number of fused-ring (bicyclic) bond motifs is 3. The zero-order valence-corrected chi connectivity index (χ0v) is 17.5. The maximum absolute atomic E-state index is 13.2. The molecule has 5 N–H and O–H groups in total. The van der Waals surface area contributed by atoms with Gasteiger partial charge in [-0.15, -0.1) is 0 Å². The summed E-state index contributed by atoms with van der Waals surface area (Å²) in [6.07, 6.45) is 5.76. The van der Waals surface area contributed by atoms with Crippen LogP contribution in [-0.2, 0) is 10.0 Å². The standard InChI is InChI=1S/C21H25N5O3S/c1-13-2-4-16(5-3-13)30(28,29)26-9-7-17-19(18(22)12-23-20(17)26)25-21-8-6-14(24-21)10-15(27)11-21/h2-5,7,9,12,14-15,24,27H,6,8,10-11,22H2,1H3,(H,23,25). The third kappa shape index (κ3) is 3.05. The van der Waals surface area contributed by atoms with Crippen molar-refractivity contribution in [3.8, 4) is 0 Å². The summed E-state index contributed by atoms with van der Waals surface area (Å²) in [7, 11) is -3.79. The monoisotopic (exact) mass is 427 g/mol. The Morgan fingerprint density at radius 1 is 1.30 bits per heavy atom. The first-order valence-corrected chi connectivity index (χ1v) is 11.5. The Morgan fingerprint density at radius 2 is 2.07 bits per heavy atom. The number of aryl methyl sites for hydroxylation is 1. The number of nitrogen functional groups attached to an aromatic ring is 1. The summed E-state index contributed by atoms with van der Waals surface area (Å²) in [4.78, 5) is 4.53. The highest BCUT2D eigenvalue weighted by Crippen LogP contribution is 2.40. The van der Waals surface area contributed by atoms with E-state index in [1.165, 1.54) is 16.4 Å². The third-order valence-corrected chi connectivity index (χ3v) is 7.87. The summed E-state index contributed by atoms with van der Waals surface area (Å²) < 4.78 is 27.6. The van der Waals surface area contributed by atoms with Crippen LogP contribution in [0.1, 0.15) is 31.2 Å². The van der Waals surface area contributed by atoms with Gasteiger partial charge in [0.2, 0.25) is 0 Å². The number of aliphatic hydroxyl groups excluding tert-OH is 1. The molecule has 2 aliphatic rings. The van der Waals surface area contributed by atoms with Crippen LogP contribution < -0.4 is 16.4 Å². The van der Waals surface area contributed by atoms with E-state index in [1.807, 2.05) is 6.92 Å². The number of hydrogen-bond acceptors (Lipinski definition) is 7. The molecule has 2 saturated heterocycles. The predicted octanol–water partition coefficient (Wildman–Crippen LogP) is 2.18. The van der Waals surface area contributed by atoms with Gasteiger partial charge < -0.3 is 16.2 Å². The van der Waals surface area contributed by atoms with Crippen LogP contribution in [0.25, 0.3) is 11.0 Å². The lowest BCUT2D eigenvalue weighted by Crippen LogP contribution is -2.56. The second kappa shape index (κ2) is 6.69. The molecule has 4 heterocycles. The molecule has 0 saturated carbocycles. The van der Waals surface area contributed by atoms with Gasteiger partial charge >= 0.3 is 0 Å². The minimum absolute atomic E-state index is 0.202. The Bertz CT molecular complexity index is 1220. The molecule has 0 radical (unpaired) electrons. The van der Waals surface area contributed by atoms with Gasteiger partial charge in [0.1, 0.15) is 0 Å². The van der Waals surface area contributed by atoms with Gasteiger partial charge in [-0.25, -0.2) is 17.4 Å². The molecule has 2 aliphatic heterocycles.